The van der Waals surface area contributed by atoms with Crippen LogP contribution in [-0.2, 0) is 7.05 Å². The van der Waals surface area contributed by atoms with Gasteiger partial charge in [0.05, 0.1) is 21.6 Å². The number of fused-ring (bicyclic) bond motifs is 1. The van der Waals surface area contributed by atoms with E-state index < -0.39 is 5.97 Å². The molecule has 1 heterocycles. The van der Waals surface area contributed by atoms with Gasteiger partial charge < -0.3 is 10.1 Å². The van der Waals surface area contributed by atoms with Gasteiger partial charge in [0.2, 0.25) is 0 Å². The van der Waals surface area contributed by atoms with Crippen LogP contribution in [0.15, 0.2) is 16.9 Å². The number of carboxylic acid groups (broad SMARTS) is 1. The van der Waals surface area contributed by atoms with Gasteiger partial charge in [-0.1, -0.05) is 11.6 Å². The lowest BCUT2D eigenvalue weighted by atomic mass is 10.2. The van der Waals surface area contributed by atoms with Gasteiger partial charge in [-0.2, -0.15) is 0 Å². The molecule has 15 heavy (non-hydrogen) atoms. The van der Waals surface area contributed by atoms with Gasteiger partial charge in [0.15, 0.2) is 0 Å². The standard InChI is InChI=1S/C9H7ClN2O3/c1-12-7-3-5(10)4(8(13)14)2-6(7)11-9(12)15/h2-3H,1H3,(H,11,15)(H,13,14). The number of nitrogens with zero attached hydrogens (tertiary/aromatic N) is 1. The van der Waals surface area contributed by atoms with Gasteiger partial charge in [0.25, 0.3) is 0 Å². The Hall–Kier alpha value is -1.75. The van der Waals surface area contributed by atoms with Gasteiger partial charge in [-0.3, -0.25) is 4.57 Å². The highest BCUT2D eigenvalue weighted by atomic mass is 35.5. The predicted molar refractivity (Wildman–Crippen MR) is 55.5 cm³/mol. The molecule has 1 aromatic carbocycles. The number of imidazole rings is 1. The van der Waals surface area contributed by atoms with Crippen molar-refractivity contribution in [3.8, 4) is 0 Å². The van der Waals surface area contributed by atoms with Crippen LogP contribution in [0.25, 0.3) is 11.0 Å². The molecular formula is C9H7ClN2O3. The molecule has 0 spiro atoms. The molecule has 0 unspecified atom stereocenters. The average molecular weight is 227 g/mol. The third-order valence-corrected chi connectivity index (χ3v) is 2.54. The summed E-state index contributed by atoms with van der Waals surface area (Å²) in [5, 5.41) is 8.93. The zero-order valence-corrected chi connectivity index (χ0v) is 8.50. The van der Waals surface area contributed by atoms with E-state index in [1.165, 1.54) is 16.7 Å². The van der Waals surface area contributed by atoms with Crippen molar-refractivity contribution >= 4 is 28.6 Å². The normalized spacial score (nSPS) is 10.8. The van der Waals surface area contributed by atoms with Crippen molar-refractivity contribution in [1.29, 1.82) is 0 Å². The minimum Gasteiger partial charge on any atom is -0.478 e. The highest BCUT2D eigenvalue weighted by Crippen LogP contribution is 2.21. The van der Waals surface area contributed by atoms with Gasteiger partial charge >= 0.3 is 11.7 Å². The Kier molecular flexibility index (Phi) is 2.04. The maximum absolute atomic E-state index is 11.2. The lowest BCUT2D eigenvalue weighted by Crippen LogP contribution is -2.11. The molecule has 0 bridgehead atoms. The molecule has 2 rings (SSSR count). The number of benzene rings is 1. The summed E-state index contributed by atoms with van der Waals surface area (Å²) in [7, 11) is 1.58. The third-order valence-electron chi connectivity index (χ3n) is 2.22. The second-order valence-corrected chi connectivity index (χ2v) is 3.55. The monoisotopic (exact) mass is 226 g/mol. The number of halogens is 1. The van der Waals surface area contributed by atoms with Crippen LogP contribution in [-0.4, -0.2) is 20.6 Å². The molecule has 0 aliphatic heterocycles. The molecule has 0 saturated heterocycles. The summed E-state index contributed by atoms with van der Waals surface area (Å²) in [5.41, 5.74) is 0.717. The third kappa shape index (κ3) is 1.41. The van der Waals surface area contributed by atoms with E-state index in [1.54, 1.807) is 7.05 Å². The number of aromatic amines is 1. The molecule has 0 aliphatic rings. The fourth-order valence-corrected chi connectivity index (χ4v) is 1.65. The number of hydrogen-bond acceptors (Lipinski definition) is 2. The minimum absolute atomic E-state index is 0.0222. The summed E-state index contributed by atoms with van der Waals surface area (Å²) in [4.78, 5) is 24.6. The number of rotatable bonds is 1. The molecule has 2 N–H and O–H groups in total. The van der Waals surface area contributed by atoms with Crippen molar-refractivity contribution in [3.63, 3.8) is 0 Å². The number of aromatic carboxylic acids is 1. The minimum atomic E-state index is -1.12. The lowest BCUT2D eigenvalue weighted by molar-refractivity contribution is 0.0697. The average Bonchev–Trinajstić information content (AvgIpc) is 2.43. The number of aromatic nitrogens is 2. The zero-order chi connectivity index (χ0) is 11.2. The van der Waals surface area contributed by atoms with Crippen molar-refractivity contribution in [2.24, 2.45) is 7.05 Å². The summed E-state index contributed by atoms with van der Waals surface area (Å²) in [6, 6.07) is 2.81. The number of hydrogen-bond donors (Lipinski definition) is 2. The molecule has 5 nitrogen and oxygen atoms in total. The zero-order valence-electron chi connectivity index (χ0n) is 7.74. The van der Waals surface area contributed by atoms with Gasteiger partial charge in [-0.25, -0.2) is 9.59 Å². The molecule has 0 saturated carbocycles. The predicted octanol–water partition coefficient (Wildman–Crippen LogP) is 1.22. The molecule has 6 heteroatoms. The Labute approximate surface area is 88.9 Å². The van der Waals surface area contributed by atoms with E-state index in [9.17, 15) is 9.59 Å². The maximum Gasteiger partial charge on any atom is 0.337 e. The first-order chi connectivity index (χ1) is 7.00. The van der Waals surface area contributed by atoms with Crippen LogP contribution in [0, 0.1) is 0 Å². The fraction of sp³-hybridized carbons (Fsp3) is 0.111. The summed E-state index contributed by atoms with van der Waals surface area (Å²) in [6.07, 6.45) is 0. The second kappa shape index (κ2) is 3.13. The summed E-state index contributed by atoms with van der Waals surface area (Å²) >= 11 is 5.77. The van der Waals surface area contributed by atoms with E-state index in [0.717, 1.165) is 0 Å². The lowest BCUT2D eigenvalue weighted by Gasteiger charge is -1.99. The van der Waals surface area contributed by atoms with E-state index in [4.69, 9.17) is 16.7 Å². The molecule has 78 valence electrons. The highest BCUT2D eigenvalue weighted by Gasteiger charge is 2.12. The van der Waals surface area contributed by atoms with Crippen molar-refractivity contribution in [2.45, 2.75) is 0 Å². The number of carboxylic acids is 1. The molecule has 1 aromatic heterocycles. The van der Waals surface area contributed by atoms with Gasteiger partial charge in [0, 0.05) is 7.05 Å². The van der Waals surface area contributed by atoms with Crippen molar-refractivity contribution in [1.82, 2.24) is 9.55 Å². The van der Waals surface area contributed by atoms with Crippen LogP contribution < -0.4 is 5.69 Å². The number of carbonyl (C=O) groups is 1. The van der Waals surface area contributed by atoms with Gasteiger partial charge in [-0.15, -0.1) is 0 Å². The Morgan fingerprint density at radius 1 is 1.53 bits per heavy atom. The Bertz CT molecular complexity index is 612. The van der Waals surface area contributed by atoms with E-state index in [2.05, 4.69) is 4.98 Å². The SMILES string of the molecule is Cn1c(=O)[nH]c2cc(C(=O)O)c(Cl)cc21. The quantitative estimate of drug-likeness (QED) is 0.768. The molecule has 0 aliphatic carbocycles. The Morgan fingerprint density at radius 2 is 2.20 bits per heavy atom. The molecule has 0 atom stereocenters. The van der Waals surface area contributed by atoms with Gasteiger partial charge in [0.1, 0.15) is 0 Å². The number of nitrogens with one attached hydrogen (secondary N) is 1. The smallest absolute Gasteiger partial charge is 0.337 e. The molecule has 0 fully saturated rings. The molecule has 0 radical (unpaired) electrons. The Balaban J connectivity index is 2.88. The van der Waals surface area contributed by atoms with Crippen LogP contribution >= 0.6 is 11.6 Å². The summed E-state index contributed by atoms with van der Waals surface area (Å²) < 4.78 is 1.37. The van der Waals surface area contributed by atoms with Crippen LogP contribution in [0.5, 0.6) is 0 Å². The van der Waals surface area contributed by atoms with Crippen molar-refractivity contribution < 1.29 is 9.90 Å². The first kappa shape index (κ1) is 9.79. The first-order valence-electron chi connectivity index (χ1n) is 4.12. The van der Waals surface area contributed by atoms with Crippen molar-refractivity contribution in [3.05, 3.63) is 33.2 Å². The second-order valence-electron chi connectivity index (χ2n) is 3.14. The van der Waals surface area contributed by atoms with Crippen LogP contribution in [0.4, 0.5) is 0 Å². The van der Waals surface area contributed by atoms with Gasteiger partial charge in [-0.05, 0) is 12.1 Å². The van der Waals surface area contributed by atoms with Crippen LogP contribution in [0.3, 0.4) is 0 Å². The largest absolute Gasteiger partial charge is 0.478 e. The summed E-state index contributed by atoms with van der Waals surface area (Å²) in [6.45, 7) is 0. The van der Waals surface area contributed by atoms with E-state index >= 15 is 0 Å². The van der Waals surface area contributed by atoms with Crippen LogP contribution in [0.2, 0.25) is 5.02 Å². The first-order valence-corrected chi connectivity index (χ1v) is 4.50. The highest BCUT2D eigenvalue weighted by molar-refractivity contribution is 6.34. The van der Waals surface area contributed by atoms with E-state index in [0.29, 0.717) is 11.0 Å². The number of H-pyrrole nitrogens is 1. The molecule has 2 aromatic rings. The molecular weight excluding hydrogens is 220 g/mol. The maximum atomic E-state index is 11.2. The van der Waals surface area contributed by atoms with Crippen LogP contribution in [0.1, 0.15) is 10.4 Å². The van der Waals surface area contributed by atoms with E-state index in [1.807, 2.05) is 0 Å². The molecule has 0 amide bonds. The topological polar surface area (TPSA) is 75.1 Å². The van der Waals surface area contributed by atoms with E-state index in [-0.39, 0.29) is 16.3 Å². The van der Waals surface area contributed by atoms with Crippen molar-refractivity contribution in [2.75, 3.05) is 0 Å². The number of aryl methyl sites for hydroxylation is 1. The summed E-state index contributed by atoms with van der Waals surface area (Å²) in [5.74, 6) is -1.12. The fourth-order valence-electron chi connectivity index (χ4n) is 1.41. The Morgan fingerprint density at radius 3 is 2.80 bits per heavy atom.